The first kappa shape index (κ1) is 14.1. The lowest BCUT2D eigenvalue weighted by molar-refractivity contribution is 0.300. The van der Waals surface area contributed by atoms with Crippen molar-refractivity contribution in [2.24, 2.45) is 5.73 Å². The summed E-state index contributed by atoms with van der Waals surface area (Å²) in [5.74, 6) is 0.872. The number of ether oxygens (including phenoxy) is 1. The van der Waals surface area contributed by atoms with Crippen LogP contribution in [-0.4, -0.2) is 0 Å². The molecule has 3 heteroatoms. The third kappa shape index (κ3) is 3.82. The summed E-state index contributed by atoms with van der Waals surface area (Å²) in [5, 5.41) is 0. The lowest BCUT2D eigenvalue weighted by Crippen LogP contribution is -2.10. The van der Waals surface area contributed by atoms with Crippen molar-refractivity contribution in [1.29, 1.82) is 0 Å². The summed E-state index contributed by atoms with van der Waals surface area (Å²) >= 11 is 3.46. The van der Waals surface area contributed by atoms with Crippen molar-refractivity contribution in [3.05, 3.63) is 64.1 Å². The van der Waals surface area contributed by atoms with Gasteiger partial charge < -0.3 is 10.5 Å². The van der Waals surface area contributed by atoms with Crippen LogP contribution in [-0.2, 0) is 6.61 Å². The van der Waals surface area contributed by atoms with Gasteiger partial charge in [0, 0.05) is 16.1 Å². The van der Waals surface area contributed by atoms with E-state index in [2.05, 4.69) is 28.9 Å². The molecule has 0 aliphatic rings. The van der Waals surface area contributed by atoms with Gasteiger partial charge in [-0.15, -0.1) is 0 Å². The molecule has 0 amide bonds. The van der Waals surface area contributed by atoms with Gasteiger partial charge in [-0.3, -0.25) is 0 Å². The van der Waals surface area contributed by atoms with Gasteiger partial charge in [0.05, 0.1) is 0 Å². The van der Waals surface area contributed by atoms with E-state index in [0.717, 1.165) is 27.8 Å². The average molecular weight is 320 g/mol. The van der Waals surface area contributed by atoms with E-state index in [1.54, 1.807) is 0 Å². The highest BCUT2D eigenvalue weighted by molar-refractivity contribution is 9.10. The number of nitrogens with two attached hydrogens (primary N) is 1. The van der Waals surface area contributed by atoms with Gasteiger partial charge in [0.25, 0.3) is 0 Å². The summed E-state index contributed by atoms with van der Waals surface area (Å²) in [4.78, 5) is 0. The van der Waals surface area contributed by atoms with Gasteiger partial charge in [-0.25, -0.2) is 0 Å². The molecular weight excluding hydrogens is 302 g/mol. The fourth-order valence-electron chi connectivity index (χ4n) is 1.93. The third-order valence-corrected chi connectivity index (χ3v) is 3.53. The number of para-hydroxylation sites is 1. The molecular formula is C16H18BrNO. The van der Waals surface area contributed by atoms with Gasteiger partial charge in [-0.1, -0.05) is 53.2 Å². The minimum absolute atomic E-state index is 0.0266. The van der Waals surface area contributed by atoms with Gasteiger partial charge in [0.1, 0.15) is 12.4 Å². The largest absolute Gasteiger partial charge is 0.489 e. The molecule has 19 heavy (non-hydrogen) atoms. The molecule has 0 aliphatic carbocycles. The monoisotopic (exact) mass is 319 g/mol. The lowest BCUT2D eigenvalue weighted by atomic mass is 10.0. The molecule has 0 radical (unpaired) electrons. The van der Waals surface area contributed by atoms with Gasteiger partial charge in [-0.2, -0.15) is 0 Å². The van der Waals surface area contributed by atoms with Crippen LogP contribution in [0.2, 0.25) is 0 Å². The summed E-state index contributed by atoms with van der Waals surface area (Å²) in [6, 6.07) is 16.1. The second-order valence-electron chi connectivity index (χ2n) is 4.47. The number of benzene rings is 2. The highest BCUT2D eigenvalue weighted by Gasteiger charge is 2.09. The molecule has 0 aliphatic heterocycles. The molecule has 2 rings (SSSR count). The third-order valence-electron chi connectivity index (χ3n) is 3.04. The average Bonchev–Trinajstić information content (AvgIpc) is 2.45. The van der Waals surface area contributed by atoms with E-state index in [1.165, 1.54) is 0 Å². The van der Waals surface area contributed by atoms with E-state index in [4.69, 9.17) is 10.5 Å². The van der Waals surface area contributed by atoms with Gasteiger partial charge in [0.15, 0.2) is 0 Å². The maximum Gasteiger partial charge on any atom is 0.124 e. The van der Waals surface area contributed by atoms with E-state index in [0.29, 0.717) is 6.61 Å². The molecule has 0 saturated heterocycles. The standard InChI is InChI=1S/C16H18BrNO/c1-2-15(18)14-8-3-4-9-16(14)19-11-12-6-5-7-13(17)10-12/h3-10,15H,2,11,18H2,1H3/t15-/m1/s1. The minimum atomic E-state index is 0.0266. The Hall–Kier alpha value is -1.32. The Bertz CT molecular complexity index is 542. The van der Waals surface area contributed by atoms with Crippen LogP contribution in [0.5, 0.6) is 5.75 Å². The predicted octanol–water partition coefficient (Wildman–Crippen LogP) is 4.44. The van der Waals surface area contributed by atoms with Crippen LogP contribution >= 0.6 is 15.9 Å². The predicted molar refractivity (Wildman–Crippen MR) is 82.1 cm³/mol. The summed E-state index contributed by atoms with van der Waals surface area (Å²) in [6.45, 7) is 2.63. The Morgan fingerprint density at radius 3 is 2.68 bits per heavy atom. The molecule has 0 aromatic heterocycles. The van der Waals surface area contributed by atoms with E-state index >= 15 is 0 Å². The molecule has 0 heterocycles. The second kappa shape index (κ2) is 6.73. The van der Waals surface area contributed by atoms with Crippen LogP contribution in [0, 0.1) is 0 Å². The van der Waals surface area contributed by atoms with E-state index in [1.807, 2.05) is 42.5 Å². The Balaban J connectivity index is 2.11. The number of rotatable bonds is 5. The van der Waals surface area contributed by atoms with Crippen LogP contribution in [0.4, 0.5) is 0 Å². The lowest BCUT2D eigenvalue weighted by Gasteiger charge is -2.15. The summed E-state index contributed by atoms with van der Waals surface area (Å²) in [5.41, 5.74) is 8.30. The highest BCUT2D eigenvalue weighted by Crippen LogP contribution is 2.26. The zero-order chi connectivity index (χ0) is 13.7. The quantitative estimate of drug-likeness (QED) is 0.884. The van der Waals surface area contributed by atoms with Crippen molar-refractivity contribution < 1.29 is 4.74 Å². The molecule has 0 unspecified atom stereocenters. The zero-order valence-corrected chi connectivity index (χ0v) is 12.6. The molecule has 0 spiro atoms. The van der Waals surface area contributed by atoms with Crippen molar-refractivity contribution in [1.82, 2.24) is 0 Å². The van der Waals surface area contributed by atoms with Crippen LogP contribution in [0.1, 0.15) is 30.5 Å². The summed E-state index contributed by atoms with van der Waals surface area (Å²) in [7, 11) is 0. The van der Waals surface area contributed by atoms with Crippen LogP contribution in [0.25, 0.3) is 0 Å². The summed E-state index contributed by atoms with van der Waals surface area (Å²) < 4.78 is 6.96. The van der Waals surface area contributed by atoms with Crippen molar-refractivity contribution in [3.8, 4) is 5.75 Å². The fourth-order valence-corrected chi connectivity index (χ4v) is 2.37. The van der Waals surface area contributed by atoms with Crippen molar-refractivity contribution >= 4 is 15.9 Å². The Labute approximate surface area is 122 Å². The van der Waals surface area contributed by atoms with Gasteiger partial charge in [0.2, 0.25) is 0 Å². The fraction of sp³-hybridized carbons (Fsp3) is 0.250. The summed E-state index contributed by atoms with van der Waals surface area (Å²) in [6.07, 6.45) is 0.900. The van der Waals surface area contributed by atoms with Crippen LogP contribution in [0.15, 0.2) is 53.0 Å². The molecule has 0 saturated carbocycles. The molecule has 0 bridgehead atoms. The normalized spacial score (nSPS) is 12.2. The topological polar surface area (TPSA) is 35.2 Å². The van der Waals surface area contributed by atoms with Crippen LogP contribution < -0.4 is 10.5 Å². The van der Waals surface area contributed by atoms with E-state index in [9.17, 15) is 0 Å². The maximum atomic E-state index is 6.10. The van der Waals surface area contributed by atoms with Crippen molar-refractivity contribution in [2.45, 2.75) is 26.0 Å². The Morgan fingerprint density at radius 2 is 1.95 bits per heavy atom. The SMILES string of the molecule is CC[C@@H](N)c1ccccc1OCc1cccc(Br)c1. The Morgan fingerprint density at radius 1 is 1.16 bits per heavy atom. The molecule has 2 aromatic rings. The molecule has 2 nitrogen and oxygen atoms in total. The first-order chi connectivity index (χ1) is 9.20. The second-order valence-corrected chi connectivity index (χ2v) is 5.39. The number of hydrogen-bond donors (Lipinski definition) is 1. The Kier molecular flexibility index (Phi) is 5.00. The van der Waals surface area contributed by atoms with E-state index in [-0.39, 0.29) is 6.04 Å². The van der Waals surface area contributed by atoms with Gasteiger partial charge in [-0.05, 0) is 30.2 Å². The van der Waals surface area contributed by atoms with Crippen LogP contribution in [0.3, 0.4) is 0 Å². The molecule has 100 valence electrons. The molecule has 1 atom stereocenters. The van der Waals surface area contributed by atoms with Crippen molar-refractivity contribution in [3.63, 3.8) is 0 Å². The maximum absolute atomic E-state index is 6.10. The first-order valence-corrected chi connectivity index (χ1v) is 7.21. The number of hydrogen-bond acceptors (Lipinski definition) is 2. The smallest absolute Gasteiger partial charge is 0.124 e. The van der Waals surface area contributed by atoms with Crippen molar-refractivity contribution in [2.75, 3.05) is 0 Å². The van der Waals surface area contributed by atoms with Gasteiger partial charge >= 0.3 is 0 Å². The minimum Gasteiger partial charge on any atom is -0.489 e. The molecule has 0 fully saturated rings. The molecule has 2 aromatic carbocycles. The highest BCUT2D eigenvalue weighted by atomic mass is 79.9. The number of halogens is 1. The first-order valence-electron chi connectivity index (χ1n) is 6.42. The van der Waals surface area contributed by atoms with E-state index < -0.39 is 0 Å². The zero-order valence-electron chi connectivity index (χ0n) is 11.0. The molecule has 2 N–H and O–H groups in total.